The third kappa shape index (κ3) is 8.68. The Morgan fingerprint density at radius 2 is 2.00 bits per heavy atom. The van der Waals surface area contributed by atoms with Gasteiger partial charge in [-0.25, -0.2) is 17.5 Å². The molecule has 0 aromatic heterocycles. The largest absolute Gasteiger partial charge is 0.492 e. The molecule has 0 aliphatic rings. The first-order valence-corrected chi connectivity index (χ1v) is 9.53. The van der Waals surface area contributed by atoms with Crippen molar-refractivity contribution in [3.63, 3.8) is 0 Å². The maximum atomic E-state index is 12.8. The Morgan fingerprint density at radius 1 is 1.33 bits per heavy atom. The van der Waals surface area contributed by atoms with Crippen molar-refractivity contribution in [3.05, 3.63) is 30.1 Å². The van der Waals surface area contributed by atoms with Crippen molar-refractivity contribution >= 4 is 16.0 Å². The fourth-order valence-corrected chi connectivity index (χ4v) is 2.26. The molecule has 0 bridgehead atoms. The van der Waals surface area contributed by atoms with Crippen LogP contribution in [0, 0.1) is 5.82 Å². The molecule has 1 aromatic carbocycles. The topological polar surface area (TPSA) is 83.0 Å². The van der Waals surface area contributed by atoms with E-state index >= 15 is 0 Å². The van der Waals surface area contributed by atoms with Crippen LogP contribution in [0.25, 0.3) is 0 Å². The van der Waals surface area contributed by atoms with Gasteiger partial charge in [-0.15, -0.1) is 0 Å². The normalized spacial score (nSPS) is 12.1. The van der Waals surface area contributed by atoms with Crippen LogP contribution in [0.4, 0.5) is 4.39 Å². The number of rotatable bonds is 9. The lowest BCUT2D eigenvalue weighted by Gasteiger charge is -2.22. The van der Waals surface area contributed by atoms with E-state index in [-0.39, 0.29) is 12.4 Å². The molecule has 0 aliphatic heterocycles. The summed E-state index contributed by atoms with van der Waals surface area (Å²) in [4.78, 5) is 6.24. The molecule has 136 valence electrons. The number of benzene rings is 1. The van der Waals surface area contributed by atoms with Crippen LogP contribution >= 0.6 is 0 Å². The molecule has 24 heavy (non-hydrogen) atoms. The quantitative estimate of drug-likeness (QED) is 0.384. The molecule has 0 amide bonds. The van der Waals surface area contributed by atoms with Gasteiger partial charge < -0.3 is 15.0 Å². The van der Waals surface area contributed by atoms with Crippen molar-refractivity contribution in [2.24, 2.45) is 4.99 Å². The molecule has 0 fully saturated rings. The molecular weight excluding hydrogens is 335 g/mol. The van der Waals surface area contributed by atoms with Gasteiger partial charge in [-0.05, 0) is 31.2 Å². The summed E-state index contributed by atoms with van der Waals surface area (Å²) in [6.07, 6.45) is 1.11. The zero-order valence-electron chi connectivity index (χ0n) is 14.3. The number of hydrogen-bond acceptors (Lipinski definition) is 4. The van der Waals surface area contributed by atoms with Crippen LogP contribution in [0.3, 0.4) is 0 Å². The molecule has 1 aromatic rings. The van der Waals surface area contributed by atoms with Crippen LogP contribution in [0.15, 0.2) is 29.3 Å². The lowest BCUT2D eigenvalue weighted by Crippen LogP contribution is -2.41. The van der Waals surface area contributed by atoms with Crippen LogP contribution in [0.2, 0.25) is 0 Å². The zero-order valence-corrected chi connectivity index (χ0v) is 15.1. The predicted molar refractivity (Wildman–Crippen MR) is 93.4 cm³/mol. The first-order chi connectivity index (χ1) is 11.3. The van der Waals surface area contributed by atoms with Gasteiger partial charge in [0.25, 0.3) is 0 Å². The second-order valence-electron chi connectivity index (χ2n) is 5.13. The molecule has 0 saturated heterocycles. The summed E-state index contributed by atoms with van der Waals surface area (Å²) < 4.78 is 42.8. The first kappa shape index (κ1) is 20.2. The number of guanidine groups is 1. The van der Waals surface area contributed by atoms with Gasteiger partial charge in [-0.1, -0.05) is 0 Å². The first-order valence-electron chi connectivity index (χ1n) is 7.64. The van der Waals surface area contributed by atoms with Crippen molar-refractivity contribution in [3.8, 4) is 5.75 Å². The van der Waals surface area contributed by atoms with E-state index in [1.54, 1.807) is 12.1 Å². The monoisotopic (exact) mass is 360 g/mol. The summed E-state index contributed by atoms with van der Waals surface area (Å²) >= 11 is 0. The van der Waals surface area contributed by atoms with E-state index in [2.05, 4.69) is 15.0 Å². The van der Waals surface area contributed by atoms with E-state index in [1.807, 2.05) is 18.9 Å². The Hall–Kier alpha value is -1.87. The third-order valence-corrected chi connectivity index (χ3v) is 3.67. The van der Waals surface area contributed by atoms with Crippen LogP contribution in [-0.4, -0.2) is 65.4 Å². The highest BCUT2D eigenvalue weighted by Crippen LogP contribution is 2.10. The van der Waals surface area contributed by atoms with Gasteiger partial charge in [0.05, 0.1) is 19.3 Å². The number of ether oxygens (including phenoxy) is 1. The average molecular weight is 360 g/mol. The highest BCUT2D eigenvalue weighted by atomic mass is 32.2. The van der Waals surface area contributed by atoms with Gasteiger partial charge in [-0.2, -0.15) is 0 Å². The third-order valence-electron chi connectivity index (χ3n) is 2.94. The predicted octanol–water partition coefficient (Wildman–Crippen LogP) is 0.651. The van der Waals surface area contributed by atoms with Gasteiger partial charge in [0.1, 0.15) is 18.2 Å². The standard InChI is InChI=1S/C15H25FN4O3S/c1-4-17-15(18-9-10-19-24(3,21)22)20(2)11-12-23-14-7-5-13(16)6-8-14/h5-8,19H,4,9-12H2,1-3H3,(H,17,18). The zero-order chi connectivity index (χ0) is 18.0. The summed E-state index contributed by atoms with van der Waals surface area (Å²) in [6.45, 7) is 4.21. The van der Waals surface area contributed by atoms with E-state index in [0.717, 1.165) is 6.26 Å². The summed E-state index contributed by atoms with van der Waals surface area (Å²) in [5, 5.41) is 3.13. The van der Waals surface area contributed by atoms with E-state index in [9.17, 15) is 12.8 Å². The van der Waals surface area contributed by atoms with Crippen LogP contribution in [-0.2, 0) is 10.0 Å². The molecule has 7 nitrogen and oxygen atoms in total. The lowest BCUT2D eigenvalue weighted by atomic mass is 10.3. The van der Waals surface area contributed by atoms with Crippen LogP contribution in [0.5, 0.6) is 5.75 Å². The van der Waals surface area contributed by atoms with Gasteiger partial charge in [0, 0.05) is 20.1 Å². The molecule has 1 rings (SSSR count). The molecule has 0 atom stereocenters. The van der Waals surface area contributed by atoms with Crippen molar-refractivity contribution < 1.29 is 17.5 Å². The molecular formula is C15H25FN4O3S. The van der Waals surface area contributed by atoms with Crippen molar-refractivity contribution in [2.45, 2.75) is 6.92 Å². The van der Waals surface area contributed by atoms with E-state index in [4.69, 9.17) is 4.74 Å². The fraction of sp³-hybridized carbons (Fsp3) is 0.533. The number of sulfonamides is 1. The average Bonchev–Trinajstić information content (AvgIpc) is 2.51. The number of likely N-dealkylation sites (N-methyl/N-ethyl adjacent to an activating group) is 1. The minimum atomic E-state index is -3.20. The van der Waals surface area contributed by atoms with E-state index < -0.39 is 10.0 Å². The number of nitrogens with one attached hydrogen (secondary N) is 2. The van der Waals surface area contributed by atoms with E-state index in [1.165, 1.54) is 12.1 Å². The maximum Gasteiger partial charge on any atom is 0.208 e. The minimum absolute atomic E-state index is 0.244. The Labute approximate surface area is 143 Å². The van der Waals surface area contributed by atoms with Crippen LogP contribution < -0.4 is 14.8 Å². The molecule has 0 spiro atoms. The Morgan fingerprint density at radius 3 is 2.58 bits per heavy atom. The van der Waals surface area contributed by atoms with Gasteiger partial charge in [0.15, 0.2) is 5.96 Å². The van der Waals surface area contributed by atoms with Crippen molar-refractivity contribution in [2.75, 3.05) is 46.1 Å². The molecule has 0 aliphatic carbocycles. The molecule has 9 heteroatoms. The Bertz CT molecular complexity index is 620. The summed E-state index contributed by atoms with van der Waals surface area (Å²) in [5.74, 6) is 0.961. The van der Waals surface area contributed by atoms with Gasteiger partial charge >= 0.3 is 0 Å². The van der Waals surface area contributed by atoms with Crippen LogP contribution in [0.1, 0.15) is 6.92 Å². The molecule has 0 unspecified atom stereocenters. The number of aliphatic imine (C=N–C) groups is 1. The Kier molecular flexibility index (Phi) is 8.48. The van der Waals surface area contributed by atoms with Crippen molar-refractivity contribution in [1.29, 1.82) is 0 Å². The summed E-state index contributed by atoms with van der Waals surface area (Å²) in [6, 6.07) is 5.84. The van der Waals surface area contributed by atoms with Gasteiger partial charge in [0.2, 0.25) is 10.0 Å². The molecule has 0 saturated carbocycles. The second kappa shape index (κ2) is 10.1. The second-order valence-corrected chi connectivity index (χ2v) is 6.96. The smallest absolute Gasteiger partial charge is 0.208 e. The summed E-state index contributed by atoms with van der Waals surface area (Å²) in [5.41, 5.74) is 0. The molecule has 0 radical (unpaired) electrons. The molecule has 2 N–H and O–H groups in total. The summed E-state index contributed by atoms with van der Waals surface area (Å²) in [7, 11) is -1.34. The minimum Gasteiger partial charge on any atom is -0.492 e. The SMILES string of the molecule is CCNC(=NCCNS(C)(=O)=O)N(C)CCOc1ccc(F)cc1. The highest BCUT2D eigenvalue weighted by molar-refractivity contribution is 7.88. The maximum absolute atomic E-state index is 12.8. The lowest BCUT2D eigenvalue weighted by molar-refractivity contribution is 0.281. The van der Waals surface area contributed by atoms with E-state index in [0.29, 0.717) is 38.0 Å². The fourth-order valence-electron chi connectivity index (χ4n) is 1.80. The number of hydrogen-bond donors (Lipinski definition) is 2. The molecule has 0 heterocycles. The number of halogens is 1. The highest BCUT2D eigenvalue weighted by Gasteiger charge is 2.06. The van der Waals surface area contributed by atoms with Crippen molar-refractivity contribution in [1.82, 2.24) is 14.9 Å². The number of nitrogens with zero attached hydrogens (tertiary/aromatic N) is 2. The Balaban J connectivity index is 2.44. The van der Waals surface area contributed by atoms with Gasteiger partial charge in [-0.3, -0.25) is 4.99 Å².